The van der Waals surface area contributed by atoms with Crippen LogP contribution in [0.3, 0.4) is 0 Å². The van der Waals surface area contributed by atoms with E-state index in [1.807, 2.05) is 0 Å². The van der Waals surface area contributed by atoms with Crippen molar-refractivity contribution in [1.29, 1.82) is 0 Å². The van der Waals surface area contributed by atoms with Crippen molar-refractivity contribution in [1.82, 2.24) is 4.90 Å². The van der Waals surface area contributed by atoms with Gasteiger partial charge in [-0.1, -0.05) is 25.1 Å². The molecule has 1 saturated heterocycles. The molecule has 2 aliphatic carbocycles. The number of aliphatic carboxylic acids is 1. The summed E-state index contributed by atoms with van der Waals surface area (Å²) in [5, 5.41) is 9.41. The minimum absolute atomic E-state index is 0.130. The molecule has 6 nitrogen and oxygen atoms in total. The third-order valence-corrected chi connectivity index (χ3v) is 12.3. The zero-order chi connectivity index (χ0) is 33.3. The van der Waals surface area contributed by atoms with Crippen LogP contribution in [0, 0.1) is 23.6 Å². The van der Waals surface area contributed by atoms with Crippen LogP contribution in [0.5, 0.6) is 0 Å². The Kier molecular flexibility index (Phi) is 8.06. The van der Waals surface area contributed by atoms with Gasteiger partial charge >= 0.3 is 24.0 Å². The van der Waals surface area contributed by atoms with E-state index < -0.39 is 73.7 Å². The second-order valence-electron chi connectivity index (χ2n) is 12.1. The first-order valence-corrected chi connectivity index (χ1v) is 15.8. The number of carboxylic acids is 1. The van der Waals surface area contributed by atoms with Crippen LogP contribution >= 0.6 is 0 Å². The number of carbonyl (C=O) groups is 2. The summed E-state index contributed by atoms with van der Waals surface area (Å²) >= 11 is 0. The van der Waals surface area contributed by atoms with Gasteiger partial charge in [0.15, 0.2) is 9.84 Å². The Morgan fingerprint density at radius 1 is 0.933 bits per heavy atom. The lowest BCUT2D eigenvalue weighted by Gasteiger charge is -2.44. The van der Waals surface area contributed by atoms with E-state index in [0.717, 1.165) is 30.3 Å². The lowest BCUT2D eigenvalue weighted by Crippen LogP contribution is -2.54. The molecule has 45 heavy (non-hydrogen) atoms. The summed E-state index contributed by atoms with van der Waals surface area (Å²) < 4.78 is 137. The van der Waals surface area contributed by atoms with Gasteiger partial charge in [0, 0.05) is 18.0 Å². The molecule has 1 saturated carbocycles. The van der Waals surface area contributed by atoms with Crippen molar-refractivity contribution in [2.24, 2.45) is 17.8 Å². The molecular formula is C30H29F8NO5S. The highest BCUT2D eigenvalue weighted by atomic mass is 32.2. The van der Waals surface area contributed by atoms with Crippen molar-refractivity contribution in [2.75, 3.05) is 6.54 Å². The van der Waals surface area contributed by atoms with E-state index >= 15 is 4.39 Å². The van der Waals surface area contributed by atoms with Gasteiger partial charge in [0.25, 0.3) is 0 Å². The van der Waals surface area contributed by atoms with Crippen LogP contribution in [-0.2, 0) is 36.3 Å². The summed E-state index contributed by atoms with van der Waals surface area (Å²) in [5.41, 5.74) is -7.87. The Labute approximate surface area is 253 Å². The fraction of sp³-hybridized carbons (Fsp3) is 0.533. The molecule has 1 aliphatic heterocycles. The average Bonchev–Trinajstić information content (AvgIpc) is 3.37. The number of sulfone groups is 1. The summed E-state index contributed by atoms with van der Waals surface area (Å²) in [6, 6.07) is 4.07. The fourth-order valence-corrected chi connectivity index (χ4v) is 9.89. The normalized spacial score (nSPS) is 27.5. The molecule has 0 radical (unpaired) electrons. The highest BCUT2D eigenvalue weighted by molar-refractivity contribution is 7.92. The Balaban J connectivity index is 1.63. The monoisotopic (exact) mass is 667 g/mol. The number of alkyl halides is 7. The highest BCUT2D eigenvalue weighted by Crippen LogP contribution is 2.57. The lowest BCUT2D eigenvalue weighted by molar-refractivity contribution is -0.348. The van der Waals surface area contributed by atoms with Crippen LogP contribution in [0.1, 0.15) is 55.7 Å². The number of hydrogen-bond acceptors (Lipinski definition) is 4. The minimum atomic E-state index is -6.37. The first kappa shape index (κ1) is 33.1. The third-order valence-electron chi connectivity index (χ3n) is 9.79. The van der Waals surface area contributed by atoms with Gasteiger partial charge in [-0.05, 0) is 79.8 Å². The molecule has 1 amide bonds. The molecule has 0 bridgehead atoms. The molecule has 5 rings (SSSR count). The number of halogens is 8. The van der Waals surface area contributed by atoms with Crippen LogP contribution in [0.15, 0.2) is 47.4 Å². The van der Waals surface area contributed by atoms with Gasteiger partial charge in [0.05, 0.1) is 16.9 Å². The van der Waals surface area contributed by atoms with Crippen molar-refractivity contribution in [3.05, 3.63) is 65.0 Å². The van der Waals surface area contributed by atoms with Gasteiger partial charge in [-0.25, -0.2) is 17.2 Å². The minimum Gasteiger partial charge on any atom is -0.481 e. The summed E-state index contributed by atoms with van der Waals surface area (Å²) in [4.78, 5) is 26.4. The number of fused-ring (bicyclic) bond motifs is 3. The zero-order valence-electron chi connectivity index (χ0n) is 23.8. The van der Waals surface area contributed by atoms with Crippen LogP contribution < -0.4 is 0 Å². The number of rotatable bonds is 5. The molecule has 2 aromatic carbocycles. The molecule has 1 N–H and O–H groups in total. The Hall–Kier alpha value is -3.23. The predicted molar refractivity (Wildman–Crippen MR) is 143 cm³/mol. The topological polar surface area (TPSA) is 91.8 Å². The Bertz CT molecular complexity index is 1590. The first-order chi connectivity index (χ1) is 20.8. The van der Waals surface area contributed by atoms with E-state index in [1.54, 1.807) is 6.92 Å². The summed E-state index contributed by atoms with van der Waals surface area (Å²) in [6.07, 6.45) is -12.8. The maximum Gasteiger partial charge on any atom is 0.435 e. The van der Waals surface area contributed by atoms with Crippen molar-refractivity contribution in [3.63, 3.8) is 0 Å². The number of carboxylic acid groups (broad SMARTS) is 1. The largest absolute Gasteiger partial charge is 0.481 e. The molecule has 2 fully saturated rings. The molecule has 246 valence electrons. The van der Waals surface area contributed by atoms with Gasteiger partial charge in [-0.15, -0.1) is 0 Å². The van der Waals surface area contributed by atoms with Gasteiger partial charge < -0.3 is 10.0 Å². The van der Waals surface area contributed by atoms with Crippen LogP contribution in [-0.4, -0.2) is 55.2 Å². The van der Waals surface area contributed by atoms with Gasteiger partial charge in [-0.2, -0.15) is 26.3 Å². The maximum atomic E-state index is 15.0. The quantitative estimate of drug-likeness (QED) is 0.292. The SMILES string of the molecule is C[C@H]1C[C@@H](C(=O)O)CC[C@@H]1C(=O)N1CC[C@]2(S(=O)(=O)c3ccc(F)cc3)c3ccc(C(F)(C(F)(F)F)C(F)(F)F)cc3CC[C@H]12. The van der Waals surface area contributed by atoms with Crippen LogP contribution in [0.2, 0.25) is 0 Å². The summed E-state index contributed by atoms with van der Waals surface area (Å²) in [6.45, 7) is 1.59. The highest BCUT2D eigenvalue weighted by Gasteiger charge is 2.74. The van der Waals surface area contributed by atoms with E-state index in [1.165, 1.54) is 4.90 Å². The molecule has 0 aromatic heterocycles. The second kappa shape index (κ2) is 10.9. The van der Waals surface area contributed by atoms with E-state index in [0.29, 0.717) is 6.07 Å². The van der Waals surface area contributed by atoms with Crippen molar-refractivity contribution in [3.8, 4) is 0 Å². The predicted octanol–water partition coefficient (Wildman–Crippen LogP) is 6.47. The second-order valence-corrected chi connectivity index (χ2v) is 14.3. The number of nitrogens with zero attached hydrogens (tertiary/aromatic N) is 1. The van der Waals surface area contributed by atoms with Gasteiger partial charge in [-0.3, -0.25) is 9.59 Å². The Morgan fingerprint density at radius 2 is 1.56 bits per heavy atom. The number of carbonyl (C=O) groups excluding carboxylic acids is 1. The van der Waals surface area contributed by atoms with Crippen molar-refractivity contribution in [2.45, 2.75) is 79.2 Å². The molecular weight excluding hydrogens is 638 g/mol. The number of aryl methyl sites for hydroxylation is 1. The maximum absolute atomic E-state index is 15.0. The molecule has 3 aliphatic rings. The van der Waals surface area contributed by atoms with Gasteiger partial charge in [0.1, 0.15) is 10.6 Å². The van der Waals surface area contributed by atoms with E-state index in [-0.39, 0.29) is 73.1 Å². The first-order valence-electron chi connectivity index (χ1n) is 14.3. The summed E-state index contributed by atoms with van der Waals surface area (Å²) in [7, 11) is -4.60. The average molecular weight is 668 g/mol. The van der Waals surface area contributed by atoms with Crippen molar-refractivity contribution < 1.29 is 58.2 Å². The molecule has 1 heterocycles. The molecule has 0 spiro atoms. The van der Waals surface area contributed by atoms with Gasteiger partial charge in [0.2, 0.25) is 5.91 Å². The van der Waals surface area contributed by atoms with Crippen molar-refractivity contribution >= 4 is 21.7 Å². The zero-order valence-corrected chi connectivity index (χ0v) is 24.6. The number of benzene rings is 2. The Morgan fingerprint density at radius 3 is 2.11 bits per heavy atom. The number of amides is 1. The molecule has 15 heteroatoms. The molecule has 5 atom stereocenters. The van der Waals surface area contributed by atoms with Crippen LogP contribution in [0.4, 0.5) is 35.1 Å². The molecule has 2 aromatic rings. The van der Waals surface area contributed by atoms with E-state index in [4.69, 9.17) is 0 Å². The number of hydrogen-bond donors (Lipinski definition) is 1. The molecule has 0 unspecified atom stereocenters. The lowest BCUT2D eigenvalue weighted by atomic mass is 9.73. The van der Waals surface area contributed by atoms with Crippen LogP contribution in [0.25, 0.3) is 0 Å². The standard InChI is InChI=1S/C30H29F8NO5S/c1-16-14-18(26(41)42)2-9-22(16)25(40)39-13-12-27(45(43,44)21-7-5-20(31)6-8-21)23-10-4-19(15-17(23)3-11-24(27)39)28(32,29(33,34)35)30(36,37)38/h4-8,10,15-16,18,22,24H,2-3,9,11-14H2,1H3,(H,41,42)/t16-,18-,22-,24-,27-/m0/s1. The van der Waals surface area contributed by atoms with E-state index in [9.17, 15) is 53.8 Å². The fourth-order valence-electron chi connectivity index (χ4n) is 7.52. The number of likely N-dealkylation sites (tertiary alicyclic amines) is 1. The summed E-state index contributed by atoms with van der Waals surface area (Å²) in [5.74, 6) is -3.83. The smallest absolute Gasteiger partial charge is 0.435 e. The van der Waals surface area contributed by atoms with E-state index in [2.05, 4.69) is 0 Å². The third kappa shape index (κ3) is 4.99.